The highest BCUT2D eigenvalue weighted by atomic mass is 19.1. The van der Waals surface area contributed by atoms with Crippen LogP contribution < -0.4 is 10.6 Å². The normalized spacial score (nSPS) is 38.3. The maximum Gasteiger partial charge on any atom is 0.246 e. The van der Waals surface area contributed by atoms with Crippen molar-refractivity contribution in [3.8, 4) is 0 Å². The molecule has 2 bridgehead atoms. The van der Waals surface area contributed by atoms with Crippen molar-refractivity contribution >= 4 is 23.4 Å². The van der Waals surface area contributed by atoms with Crippen LogP contribution in [-0.4, -0.2) is 51.9 Å². The largest absolute Gasteiger partial charge is 0.356 e. The standard InChI is InChI=1S/C30H38FN3O4/c1-18-8-14-22(15-9-18)34-25(27(36)33-20-6-4-3-5-7-20)30-17-16-29(2,38-30)23(24(30)28(34)37)26(35)32-21-12-10-19(31)11-13-21/h10-13,16-18,20,22-25H,3-9,14-15H2,1-2H3,(H,32,35)(H,33,36). The minimum atomic E-state index is -1.18. The molecule has 0 aromatic heterocycles. The van der Waals surface area contributed by atoms with E-state index in [9.17, 15) is 18.8 Å². The fraction of sp³-hybridized carbons (Fsp3) is 0.633. The zero-order valence-electron chi connectivity index (χ0n) is 22.3. The van der Waals surface area contributed by atoms with E-state index in [-0.39, 0.29) is 29.8 Å². The number of rotatable bonds is 5. The molecule has 2 aliphatic carbocycles. The smallest absolute Gasteiger partial charge is 0.246 e. The van der Waals surface area contributed by atoms with Gasteiger partial charge in [0.15, 0.2) is 0 Å². The van der Waals surface area contributed by atoms with E-state index in [1.54, 1.807) is 4.90 Å². The second-order valence-electron chi connectivity index (χ2n) is 12.3. The molecule has 3 amide bonds. The lowest BCUT2D eigenvalue weighted by molar-refractivity contribution is -0.147. The molecule has 0 radical (unpaired) electrons. The van der Waals surface area contributed by atoms with Gasteiger partial charge in [-0.25, -0.2) is 4.39 Å². The van der Waals surface area contributed by atoms with E-state index in [4.69, 9.17) is 4.74 Å². The molecule has 8 heteroatoms. The summed E-state index contributed by atoms with van der Waals surface area (Å²) in [6, 6.07) is 4.82. The molecule has 1 spiro atoms. The molecule has 3 heterocycles. The van der Waals surface area contributed by atoms with E-state index in [0.29, 0.717) is 11.6 Å². The number of likely N-dealkylation sites (tertiary alicyclic amines) is 1. The highest BCUT2D eigenvalue weighted by Crippen LogP contribution is 2.60. The molecule has 3 aliphatic heterocycles. The van der Waals surface area contributed by atoms with Crippen molar-refractivity contribution < 1.29 is 23.5 Å². The average molecular weight is 524 g/mol. The first-order valence-electron chi connectivity index (χ1n) is 14.3. The molecule has 38 heavy (non-hydrogen) atoms. The number of hydrogen-bond donors (Lipinski definition) is 2. The minimum absolute atomic E-state index is 0.0505. The Morgan fingerprint density at radius 2 is 1.66 bits per heavy atom. The highest BCUT2D eigenvalue weighted by Gasteiger charge is 2.76. The van der Waals surface area contributed by atoms with Gasteiger partial charge in [0.1, 0.15) is 17.5 Å². The summed E-state index contributed by atoms with van der Waals surface area (Å²) in [5.41, 5.74) is -1.74. The van der Waals surface area contributed by atoms with Crippen LogP contribution in [0.25, 0.3) is 0 Å². The molecule has 5 atom stereocenters. The molecular weight excluding hydrogens is 485 g/mol. The Labute approximate surface area is 223 Å². The summed E-state index contributed by atoms with van der Waals surface area (Å²) in [5.74, 6) is -2.08. The van der Waals surface area contributed by atoms with Crippen LogP contribution in [0.2, 0.25) is 0 Å². The van der Waals surface area contributed by atoms with Crippen molar-refractivity contribution in [2.45, 2.75) is 101 Å². The summed E-state index contributed by atoms with van der Waals surface area (Å²) >= 11 is 0. The first kappa shape index (κ1) is 25.5. The van der Waals surface area contributed by atoms with Crippen LogP contribution in [-0.2, 0) is 19.1 Å². The number of nitrogens with zero attached hydrogens (tertiary/aromatic N) is 1. The van der Waals surface area contributed by atoms with Gasteiger partial charge < -0.3 is 20.3 Å². The molecule has 2 saturated heterocycles. The number of fused-ring (bicyclic) bond motifs is 1. The molecule has 2 saturated carbocycles. The second-order valence-corrected chi connectivity index (χ2v) is 12.3. The number of carbonyl (C=O) groups is 3. The molecular formula is C30H38FN3O4. The molecule has 6 rings (SSSR count). The van der Waals surface area contributed by atoms with E-state index in [0.717, 1.165) is 51.4 Å². The zero-order valence-corrected chi connectivity index (χ0v) is 22.3. The third-order valence-electron chi connectivity index (χ3n) is 9.71. The number of ether oxygens (including phenoxy) is 1. The Hall–Kier alpha value is -2.74. The van der Waals surface area contributed by atoms with Crippen LogP contribution in [0.3, 0.4) is 0 Å². The van der Waals surface area contributed by atoms with Gasteiger partial charge in [-0.1, -0.05) is 38.3 Å². The topological polar surface area (TPSA) is 87.7 Å². The molecule has 204 valence electrons. The molecule has 5 unspecified atom stereocenters. The van der Waals surface area contributed by atoms with E-state index < -0.39 is 34.9 Å². The molecule has 4 fully saturated rings. The Bertz CT molecular complexity index is 1140. The van der Waals surface area contributed by atoms with Crippen molar-refractivity contribution in [1.82, 2.24) is 10.2 Å². The van der Waals surface area contributed by atoms with Gasteiger partial charge in [-0.15, -0.1) is 0 Å². The van der Waals surface area contributed by atoms with Crippen molar-refractivity contribution in [2.24, 2.45) is 17.8 Å². The number of benzene rings is 1. The van der Waals surface area contributed by atoms with Gasteiger partial charge in [0.25, 0.3) is 0 Å². The summed E-state index contributed by atoms with van der Waals surface area (Å²) in [6.07, 6.45) is 12.7. The Morgan fingerprint density at radius 3 is 2.34 bits per heavy atom. The summed E-state index contributed by atoms with van der Waals surface area (Å²) in [4.78, 5) is 43.9. The van der Waals surface area contributed by atoms with Gasteiger partial charge in [0, 0.05) is 17.8 Å². The van der Waals surface area contributed by atoms with Crippen LogP contribution >= 0.6 is 0 Å². The maximum absolute atomic E-state index is 14.3. The van der Waals surface area contributed by atoms with E-state index in [2.05, 4.69) is 17.6 Å². The lowest BCUT2D eigenvalue weighted by Gasteiger charge is -2.40. The lowest BCUT2D eigenvalue weighted by Crippen LogP contribution is -2.59. The number of halogens is 1. The molecule has 1 aromatic carbocycles. The third-order valence-corrected chi connectivity index (χ3v) is 9.71. The fourth-order valence-electron chi connectivity index (χ4n) is 7.76. The fourth-order valence-corrected chi connectivity index (χ4v) is 7.76. The average Bonchev–Trinajstić information content (AvgIpc) is 3.47. The predicted molar refractivity (Wildman–Crippen MR) is 140 cm³/mol. The lowest BCUT2D eigenvalue weighted by atomic mass is 9.70. The maximum atomic E-state index is 14.3. The Balaban J connectivity index is 1.34. The first-order chi connectivity index (χ1) is 18.2. The molecule has 5 aliphatic rings. The summed E-state index contributed by atoms with van der Waals surface area (Å²) < 4.78 is 20.1. The van der Waals surface area contributed by atoms with E-state index >= 15 is 0 Å². The third kappa shape index (κ3) is 4.07. The van der Waals surface area contributed by atoms with Crippen molar-refractivity contribution in [2.75, 3.05) is 5.32 Å². The quantitative estimate of drug-likeness (QED) is 0.563. The van der Waals surface area contributed by atoms with Crippen molar-refractivity contribution in [1.29, 1.82) is 0 Å². The second kappa shape index (κ2) is 9.47. The van der Waals surface area contributed by atoms with Gasteiger partial charge in [0.05, 0.1) is 17.4 Å². The summed E-state index contributed by atoms with van der Waals surface area (Å²) in [7, 11) is 0. The molecule has 1 aromatic rings. The number of nitrogens with one attached hydrogen (secondary N) is 2. The molecule has 2 N–H and O–H groups in total. The van der Waals surface area contributed by atoms with Gasteiger partial charge >= 0.3 is 0 Å². The first-order valence-corrected chi connectivity index (χ1v) is 14.3. The number of amides is 3. The van der Waals surface area contributed by atoms with Crippen molar-refractivity contribution in [3.05, 3.63) is 42.2 Å². The zero-order chi connectivity index (χ0) is 26.7. The van der Waals surface area contributed by atoms with E-state index in [1.165, 1.54) is 30.7 Å². The predicted octanol–water partition coefficient (Wildman–Crippen LogP) is 4.33. The SMILES string of the molecule is CC1CCC(N2C(=O)C3C(C(=O)Nc4ccc(F)cc4)C4(C)C=CC3(O4)C2C(=O)NC2CCCCC2)CC1. The van der Waals surface area contributed by atoms with E-state index in [1.807, 2.05) is 19.1 Å². The van der Waals surface area contributed by atoms with Gasteiger partial charge in [-0.3, -0.25) is 14.4 Å². The van der Waals surface area contributed by atoms with Crippen LogP contribution in [0.5, 0.6) is 0 Å². The van der Waals surface area contributed by atoms with Crippen LogP contribution in [0, 0.1) is 23.6 Å². The summed E-state index contributed by atoms with van der Waals surface area (Å²) in [5, 5.41) is 6.14. The van der Waals surface area contributed by atoms with Gasteiger partial charge in [-0.05, 0) is 75.6 Å². The summed E-state index contributed by atoms with van der Waals surface area (Å²) in [6.45, 7) is 4.05. The Kier molecular flexibility index (Phi) is 6.36. The van der Waals surface area contributed by atoms with Gasteiger partial charge in [-0.2, -0.15) is 0 Å². The number of hydrogen-bond acceptors (Lipinski definition) is 4. The number of carbonyl (C=O) groups excluding carboxylic acids is 3. The minimum Gasteiger partial charge on any atom is -0.356 e. The van der Waals surface area contributed by atoms with Crippen LogP contribution in [0.1, 0.15) is 71.6 Å². The monoisotopic (exact) mass is 523 g/mol. The van der Waals surface area contributed by atoms with Crippen molar-refractivity contribution in [3.63, 3.8) is 0 Å². The van der Waals surface area contributed by atoms with Gasteiger partial charge in [0.2, 0.25) is 17.7 Å². The Morgan fingerprint density at radius 1 is 0.974 bits per heavy atom. The van der Waals surface area contributed by atoms with Crippen LogP contribution in [0.4, 0.5) is 10.1 Å². The molecule has 7 nitrogen and oxygen atoms in total. The van der Waals surface area contributed by atoms with Crippen LogP contribution in [0.15, 0.2) is 36.4 Å². The highest BCUT2D eigenvalue weighted by molar-refractivity contribution is 6.03. The number of anilines is 1.